The molecule has 1 fully saturated rings. The van der Waals surface area contributed by atoms with Crippen LogP contribution >= 0.6 is 0 Å². The molecule has 6 nitrogen and oxygen atoms in total. The van der Waals surface area contributed by atoms with Crippen LogP contribution in [-0.2, 0) is 42.3 Å². The monoisotopic (exact) mass is 389 g/mol. The van der Waals surface area contributed by atoms with E-state index in [1.807, 2.05) is 20.3 Å². The molecule has 2 aliphatic rings. The Labute approximate surface area is 159 Å². The second-order valence-corrected chi connectivity index (χ2v) is 4.98. The molecule has 23 heavy (non-hydrogen) atoms. The fraction of sp³-hybridized carbons (Fsp3) is 0.312. The van der Waals surface area contributed by atoms with Crippen molar-refractivity contribution in [1.29, 1.82) is 0 Å². The van der Waals surface area contributed by atoms with Gasteiger partial charge < -0.3 is 16.1 Å². The van der Waals surface area contributed by atoms with E-state index >= 15 is 0 Å². The number of amides is 4. The Kier molecular flexibility index (Phi) is 7.22. The van der Waals surface area contributed by atoms with Crippen LogP contribution in [0.1, 0.15) is 47.4 Å². The summed E-state index contributed by atoms with van der Waals surface area (Å²) in [4.78, 5) is 48.1. The number of hydrogen-bond acceptors (Lipinski definition) is 4. The van der Waals surface area contributed by atoms with Gasteiger partial charge in [-0.25, -0.2) is 0 Å². The predicted octanol–water partition coefficient (Wildman–Crippen LogP) is 1.12. The van der Waals surface area contributed by atoms with Gasteiger partial charge in [0, 0.05) is 39.1 Å². The Hall–Kier alpha value is -1.40. The summed E-state index contributed by atoms with van der Waals surface area (Å²) < 4.78 is 0. The van der Waals surface area contributed by atoms with E-state index in [4.69, 9.17) is 0 Å². The average Bonchev–Trinajstić information content (AvgIpc) is 2.73. The molecule has 1 saturated heterocycles. The third-order valence-corrected chi connectivity index (χ3v) is 3.26. The Morgan fingerprint density at radius 3 is 2.43 bits per heavy atom. The van der Waals surface area contributed by atoms with Gasteiger partial charge in [-0.3, -0.25) is 19.7 Å². The van der Waals surface area contributed by atoms with Crippen molar-refractivity contribution < 1.29 is 51.9 Å². The van der Waals surface area contributed by atoms with Crippen molar-refractivity contribution in [3.8, 4) is 0 Å². The number of carbonyl (C=O) groups is 4. The van der Waals surface area contributed by atoms with Crippen LogP contribution in [0.3, 0.4) is 0 Å². The van der Waals surface area contributed by atoms with E-state index in [2.05, 4.69) is 11.4 Å². The van der Waals surface area contributed by atoms with Crippen molar-refractivity contribution in [2.24, 2.45) is 0 Å². The van der Waals surface area contributed by atoms with Gasteiger partial charge in [0.1, 0.15) is 6.04 Å². The first-order chi connectivity index (χ1) is 10.5. The van der Waals surface area contributed by atoms with E-state index in [1.165, 1.54) is 12.1 Å². The zero-order valence-electron chi connectivity index (χ0n) is 13.0. The van der Waals surface area contributed by atoms with Crippen molar-refractivity contribution >= 4 is 23.6 Å². The Balaban J connectivity index is 0.000000615. The number of imide groups is 2. The maximum absolute atomic E-state index is 12.2. The number of benzene rings is 1. The average molecular weight is 389 g/mol. The van der Waals surface area contributed by atoms with Crippen LogP contribution in [-0.4, -0.2) is 34.6 Å². The number of fused-ring (bicyclic) bond motifs is 1. The number of carbonyl (C=O) groups excluding carboxylic acids is 4. The third kappa shape index (κ3) is 3.93. The summed E-state index contributed by atoms with van der Waals surface area (Å²) >= 11 is 0. The Bertz CT molecular complexity index is 610. The molecule has 1 atom stereocenters. The topological polar surface area (TPSA) is 83.6 Å². The first-order valence-electron chi connectivity index (χ1n) is 6.97. The van der Waals surface area contributed by atoms with Crippen LogP contribution in [0.5, 0.6) is 0 Å². The predicted molar refractivity (Wildman–Crippen MR) is 77.6 cm³/mol. The minimum Gasteiger partial charge on any atom is -0.335 e. The molecule has 2 aliphatic heterocycles. The van der Waals surface area contributed by atoms with Crippen LogP contribution in [0.4, 0.5) is 0 Å². The third-order valence-electron chi connectivity index (χ3n) is 3.26. The number of rotatable bonds is 1. The van der Waals surface area contributed by atoms with E-state index < -0.39 is 23.8 Å². The van der Waals surface area contributed by atoms with E-state index in [0.29, 0.717) is 0 Å². The van der Waals surface area contributed by atoms with Crippen molar-refractivity contribution in [1.82, 2.24) is 10.2 Å². The molecule has 1 unspecified atom stereocenters. The standard InChI is InChI=1S/C13H9N2O4.C3H7.Y/c16-10-6-5-9(11(17)14-10)15-12(18)7-3-1-2-4-8(7)13(15)19;1-3-2;/h1-3,9H,5-6H2,(H,14,16,17);3H,1-2H3;/q2*-1;. The molecule has 3 rings (SSSR count). The molecule has 0 aliphatic carbocycles. The number of hydrogen-bond donors (Lipinski definition) is 1. The van der Waals surface area contributed by atoms with Gasteiger partial charge in [0.05, 0.1) is 0 Å². The van der Waals surface area contributed by atoms with Gasteiger partial charge in [-0.05, 0) is 12.0 Å². The van der Waals surface area contributed by atoms with E-state index in [-0.39, 0.29) is 62.6 Å². The first-order valence-corrected chi connectivity index (χ1v) is 6.97. The maximum atomic E-state index is 12.2. The van der Waals surface area contributed by atoms with Gasteiger partial charge in [0.25, 0.3) is 0 Å². The second-order valence-electron chi connectivity index (χ2n) is 4.98. The molecule has 7 heteroatoms. The maximum Gasteiger partial charge on any atom is 0.249 e. The summed E-state index contributed by atoms with van der Waals surface area (Å²) in [6.07, 6.45) is 2.28. The second kappa shape index (κ2) is 8.45. The SMILES string of the molecule is C[CH-]C.O=C1CCC(N2C(=O)c3[c-]cccc3C2=O)C(=O)N1.[Y]. The van der Waals surface area contributed by atoms with Crippen molar-refractivity contribution in [3.63, 3.8) is 0 Å². The van der Waals surface area contributed by atoms with Gasteiger partial charge >= 0.3 is 0 Å². The molecule has 2 heterocycles. The van der Waals surface area contributed by atoms with Crippen molar-refractivity contribution in [2.75, 3.05) is 0 Å². The van der Waals surface area contributed by atoms with Crippen LogP contribution in [0, 0.1) is 12.5 Å². The van der Waals surface area contributed by atoms with E-state index in [0.717, 1.165) is 4.90 Å². The van der Waals surface area contributed by atoms with Crippen LogP contribution in [0.25, 0.3) is 0 Å². The summed E-state index contributed by atoms with van der Waals surface area (Å²) in [5, 5.41) is 2.14. The first kappa shape index (κ1) is 19.7. The zero-order valence-corrected chi connectivity index (χ0v) is 15.8. The quantitative estimate of drug-likeness (QED) is 0.576. The Morgan fingerprint density at radius 2 is 1.87 bits per heavy atom. The summed E-state index contributed by atoms with van der Waals surface area (Å²) in [6.45, 7) is 4.00. The van der Waals surface area contributed by atoms with Crippen LogP contribution in [0.2, 0.25) is 0 Å². The largest absolute Gasteiger partial charge is 0.335 e. The van der Waals surface area contributed by atoms with Crippen molar-refractivity contribution in [2.45, 2.75) is 32.7 Å². The van der Waals surface area contributed by atoms with Gasteiger partial charge in [0.2, 0.25) is 17.7 Å². The smallest absolute Gasteiger partial charge is 0.249 e. The molecule has 4 amide bonds. The molecule has 0 bridgehead atoms. The Morgan fingerprint density at radius 1 is 1.22 bits per heavy atom. The number of piperidine rings is 1. The van der Waals surface area contributed by atoms with Crippen LogP contribution < -0.4 is 5.32 Å². The molecule has 1 aromatic carbocycles. The van der Waals surface area contributed by atoms with Crippen LogP contribution in [0.15, 0.2) is 18.2 Å². The molecule has 1 radical (unpaired) electrons. The van der Waals surface area contributed by atoms with Gasteiger partial charge in [0.15, 0.2) is 5.91 Å². The minimum atomic E-state index is -0.918. The molecule has 1 aromatic rings. The van der Waals surface area contributed by atoms with E-state index in [9.17, 15) is 19.2 Å². The normalized spacial score (nSPS) is 19.4. The molecular weight excluding hydrogens is 373 g/mol. The summed E-state index contributed by atoms with van der Waals surface area (Å²) in [7, 11) is 0. The molecule has 0 saturated carbocycles. The van der Waals surface area contributed by atoms with E-state index in [1.54, 1.807) is 6.07 Å². The summed E-state index contributed by atoms with van der Waals surface area (Å²) in [6, 6.07) is 6.47. The fourth-order valence-corrected chi connectivity index (χ4v) is 2.35. The van der Waals surface area contributed by atoms with Gasteiger partial charge in [-0.2, -0.15) is 13.8 Å². The summed E-state index contributed by atoms with van der Waals surface area (Å²) in [5.41, 5.74) is 0.425. The molecule has 1 N–H and O–H groups in total. The zero-order chi connectivity index (χ0) is 16.3. The number of nitrogens with one attached hydrogen (secondary N) is 1. The molecular formula is C16H16N2O4Y-2. The molecule has 0 aromatic heterocycles. The minimum absolute atomic E-state index is 0. The van der Waals surface area contributed by atoms with Crippen molar-refractivity contribution in [3.05, 3.63) is 41.8 Å². The number of nitrogens with zero attached hydrogens (tertiary/aromatic N) is 1. The molecule has 0 spiro atoms. The summed E-state index contributed by atoms with van der Waals surface area (Å²) in [5.74, 6) is -2.03. The van der Waals surface area contributed by atoms with Gasteiger partial charge in [-0.15, -0.1) is 24.3 Å². The van der Waals surface area contributed by atoms with Gasteiger partial charge in [-0.1, -0.05) is 5.56 Å². The fourth-order valence-electron chi connectivity index (χ4n) is 2.35. The molecule has 119 valence electrons.